The monoisotopic (exact) mass is 352 g/mol. The van der Waals surface area contributed by atoms with Crippen molar-refractivity contribution in [2.45, 2.75) is 18.3 Å². The molecule has 0 amide bonds. The van der Waals surface area contributed by atoms with E-state index in [1.165, 1.54) is 0 Å². The molecule has 15 heteroatoms. The van der Waals surface area contributed by atoms with Crippen LogP contribution in [0.5, 0.6) is 0 Å². The van der Waals surface area contributed by atoms with Crippen LogP contribution in [0.25, 0.3) is 0 Å². The summed E-state index contributed by atoms with van der Waals surface area (Å²) >= 11 is 0. The lowest BCUT2D eigenvalue weighted by Crippen LogP contribution is -2.45. The molecule has 0 unspecified atom stereocenters. The summed E-state index contributed by atoms with van der Waals surface area (Å²) in [5.74, 6) is 0. The smallest absolute Gasteiger partial charge is 0.506 e. The van der Waals surface area contributed by atoms with E-state index in [-0.39, 0.29) is 0 Å². The molecule has 3 N–H and O–H groups in total. The fourth-order valence-electron chi connectivity index (χ4n) is 1.01. The van der Waals surface area contributed by atoms with Crippen molar-refractivity contribution in [1.29, 1.82) is 0 Å². The van der Waals surface area contributed by atoms with Crippen molar-refractivity contribution < 1.29 is 62.6 Å². The number of phosphoric acid groups is 2. The number of aliphatic hydroxyl groups excluding tert-OH is 2. The summed E-state index contributed by atoms with van der Waals surface area (Å²) in [7, 11) is -11.0. The van der Waals surface area contributed by atoms with Crippen LogP contribution in [0, 0.1) is 0 Å². The van der Waals surface area contributed by atoms with Crippen LogP contribution in [0.2, 0.25) is 0 Å². The van der Waals surface area contributed by atoms with Gasteiger partial charge < -0.3 is 57.8 Å². The van der Waals surface area contributed by atoms with E-state index < -0.39 is 53.3 Å². The molecule has 0 aliphatic heterocycles. The Morgan fingerprint density at radius 1 is 1.00 bits per heavy atom. The Morgan fingerprint density at radius 3 is 1.81 bits per heavy atom. The molecular formula is C6H10O13P2-4. The lowest BCUT2D eigenvalue weighted by molar-refractivity contribution is -0.344. The van der Waals surface area contributed by atoms with Gasteiger partial charge in [-0.2, -0.15) is 0 Å². The lowest BCUT2D eigenvalue weighted by atomic mass is 10.1. The van der Waals surface area contributed by atoms with E-state index in [4.69, 9.17) is 5.11 Å². The van der Waals surface area contributed by atoms with Crippen LogP contribution in [0.15, 0.2) is 0 Å². The molecule has 0 aromatic heterocycles. The normalized spacial score (nSPS) is 17.0. The van der Waals surface area contributed by atoms with Crippen LogP contribution in [0.4, 0.5) is 4.79 Å². The van der Waals surface area contributed by atoms with Gasteiger partial charge in [-0.3, -0.25) is 0 Å². The first-order valence-electron chi connectivity index (χ1n) is 4.91. The molecule has 0 rings (SSSR count). The number of phosphoric ester groups is 2. The van der Waals surface area contributed by atoms with Crippen LogP contribution < -0.4 is 19.6 Å². The number of aliphatic hydroxyl groups is 2. The molecule has 0 heterocycles. The predicted octanol–water partition coefficient (Wildman–Crippen LogP) is -4.54. The minimum Gasteiger partial charge on any atom is -0.790 e. The Balaban J connectivity index is 4.69. The molecule has 0 radical (unpaired) electrons. The predicted molar refractivity (Wildman–Crippen MR) is 52.0 cm³/mol. The van der Waals surface area contributed by atoms with Gasteiger partial charge in [0.25, 0.3) is 0 Å². The molecule has 13 nitrogen and oxygen atoms in total. The maximum atomic E-state index is 10.3. The maximum absolute atomic E-state index is 10.3. The zero-order chi connectivity index (χ0) is 16.8. The van der Waals surface area contributed by atoms with Crippen LogP contribution >= 0.6 is 15.6 Å². The summed E-state index contributed by atoms with van der Waals surface area (Å²) < 4.78 is 31.6. The van der Waals surface area contributed by atoms with Gasteiger partial charge in [0.05, 0.1) is 28.9 Å². The van der Waals surface area contributed by atoms with E-state index in [9.17, 15) is 43.7 Å². The standard InChI is InChI=1S/C6H14O13P2/c7-3(1-17-20(11,12)13)5(8)4(19-6(9)10)2-18-21(14,15)16/h3-5,7-8H,1-2H2,(H,9,10)(H2,11,12,13)(H2,14,15,16)/p-4/t3-,4+,5-/m1/s1. The van der Waals surface area contributed by atoms with Gasteiger partial charge in [0.15, 0.2) is 6.10 Å². The summed E-state index contributed by atoms with van der Waals surface area (Å²) in [5.41, 5.74) is 0. The van der Waals surface area contributed by atoms with Gasteiger partial charge in [-0.1, -0.05) is 0 Å². The van der Waals surface area contributed by atoms with Gasteiger partial charge in [0.1, 0.15) is 12.2 Å². The third kappa shape index (κ3) is 10.7. The molecule has 126 valence electrons. The first kappa shape index (κ1) is 20.4. The van der Waals surface area contributed by atoms with Crippen molar-refractivity contribution in [3.63, 3.8) is 0 Å². The maximum Gasteiger partial charge on any atom is 0.506 e. The van der Waals surface area contributed by atoms with Crippen molar-refractivity contribution in [2.75, 3.05) is 13.2 Å². The minimum absolute atomic E-state index is 1.25. The molecule has 0 spiro atoms. The van der Waals surface area contributed by atoms with Gasteiger partial charge >= 0.3 is 6.16 Å². The van der Waals surface area contributed by atoms with Crippen molar-refractivity contribution in [3.05, 3.63) is 0 Å². The Labute approximate surface area is 117 Å². The highest BCUT2D eigenvalue weighted by atomic mass is 31.2. The molecule has 0 saturated carbocycles. The van der Waals surface area contributed by atoms with E-state index in [2.05, 4.69) is 13.8 Å². The number of ether oxygens (including phenoxy) is 1. The molecule has 0 aliphatic carbocycles. The molecule has 3 atom stereocenters. The summed E-state index contributed by atoms with van der Waals surface area (Å²) in [6, 6.07) is 0. The van der Waals surface area contributed by atoms with Crippen LogP contribution in [0.3, 0.4) is 0 Å². The fraction of sp³-hybridized carbons (Fsp3) is 0.833. The second-order valence-corrected chi connectivity index (χ2v) is 5.77. The Hall–Kier alpha value is -0.590. The van der Waals surface area contributed by atoms with Crippen LogP contribution in [-0.2, 0) is 22.9 Å². The van der Waals surface area contributed by atoms with Crippen molar-refractivity contribution in [2.24, 2.45) is 0 Å². The quantitative estimate of drug-likeness (QED) is 0.262. The zero-order valence-corrected chi connectivity index (χ0v) is 11.8. The van der Waals surface area contributed by atoms with Gasteiger partial charge in [0, 0.05) is 0 Å². The Kier molecular flexibility index (Phi) is 7.92. The molecule has 0 aromatic rings. The van der Waals surface area contributed by atoms with Gasteiger partial charge in [-0.25, -0.2) is 4.79 Å². The van der Waals surface area contributed by atoms with Crippen molar-refractivity contribution in [1.82, 2.24) is 0 Å². The first-order chi connectivity index (χ1) is 9.32. The third-order valence-electron chi connectivity index (χ3n) is 1.83. The fourth-order valence-corrected chi connectivity index (χ4v) is 1.68. The summed E-state index contributed by atoms with van der Waals surface area (Å²) in [6.45, 7) is -2.53. The molecule has 0 aromatic carbocycles. The average molecular weight is 352 g/mol. The van der Waals surface area contributed by atoms with E-state index in [0.717, 1.165) is 0 Å². The van der Waals surface area contributed by atoms with Gasteiger partial charge in [-0.05, 0) is 0 Å². The molecular weight excluding hydrogens is 342 g/mol. The Morgan fingerprint density at radius 2 is 1.43 bits per heavy atom. The molecule has 0 aliphatic rings. The van der Waals surface area contributed by atoms with Crippen molar-refractivity contribution >= 4 is 21.8 Å². The summed E-state index contributed by atoms with van der Waals surface area (Å²) in [6.07, 6.45) is -8.46. The Bertz CT molecular complexity index is 424. The highest BCUT2D eigenvalue weighted by Gasteiger charge is 2.30. The summed E-state index contributed by atoms with van der Waals surface area (Å²) in [5, 5.41) is 27.0. The highest BCUT2D eigenvalue weighted by molar-refractivity contribution is 7.43. The number of rotatable bonds is 9. The largest absolute Gasteiger partial charge is 0.790 e. The first-order valence-corrected chi connectivity index (χ1v) is 7.83. The van der Waals surface area contributed by atoms with Gasteiger partial charge in [0.2, 0.25) is 0 Å². The lowest BCUT2D eigenvalue weighted by Gasteiger charge is -2.34. The second-order valence-electron chi connectivity index (χ2n) is 3.47. The number of carboxylic acid groups (broad SMARTS) is 1. The number of hydrogen-bond acceptors (Lipinski definition) is 12. The van der Waals surface area contributed by atoms with Crippen LogP contribution in [-0.4, -0.2) is 53.0 Å². The highest BCUT2D eigenvalue weighted by Crippen LogP contribution is 2.27. The van der Waals surface area contributed by atoms with Crippen molar-refractivity contribution in [3.8, 4) is 0 Å². The molecule has 0 bridgehead atoms. The topological polar surface area (TPSA) is 232 Å². The average Bonchev–Trinajstić information content (AvgIpc) is 2.28. The minimum atomic E-state index is -5.52. The van der Waals surface area contributed by atoms with E-state index in [0.29, 0.717) is 0 Å². The number of hydrogen-bond donors (Lipinski definition) is 3. The second kappa shape index (κ2) is 8.15. The van der Waals surface area contributed by atoms with E-state index in [1.54, 1.807) is 0 Å². The molecule has 21 heavy (non-hydrogen) atoms. The molecule has 0 fully saturated rings. The summed E-state index contributed by atoms with van der Waals surface area (Å²) in [4.78, 5) is 51.1. The van der Waals surface area contributed by atoms with E-state index >= 15 is 0 Å². The SMILES string of the molecule is O=C(O)O[C@@H](COP(=O)([O-])[O-])[C@H](O)[C@H](O)COP(=O)([O-])[O-]. The van der Waals surface area contributed by atoms with Gasteiger partial charge in [-0.15, -0.1) is 0 Å². The molecule has 0 saturated heterocycles. The third-order valence-corrected chi connectivity index (χ3v) is 2.76. The zero-order valence-electron chi connectivity index (χ0n) is 9.96. The van der Waals surface area contributed by atoms with Crippen LogP contribution in [0.1, 0.15) is 0 Å². The van der Waals surface area contributed by atoms with E-state index in [1.807, 2.05) is 0 Å². The number of carbonyl (C=O) groups is 1.